The van der Waals surface area contributed by atoms with Crippen molar-refractivity contribution < 1.29 is 22.7 Å². The number of rotatable bonds is 4. The lowest BCUT2D eigenvalue weighted by Crippen LogP contribution is -2.36. The fourth-order valence-electron chi connectivity index (χ4n) is 2.61. The van der Waals surface area contributed by atoms with E-state index in [1.54, 1.807) is 6.92 Å². The molecule has 1 aliphatic rings. The number of halogens is 3. The molecule has 1 atom stereocenters. The highest BCUT2D eigenvalue weighted by molar-refractivity contribution is 6.05. The summed E-state index contributed by atoms with van der Waals surface area (Å²) in [7, 11) is 0. The molecule has 5 nitrogen and oxygen atoms in total. The van der Waals surface area contributed by atoms with Gasteiger partial charge in [-0.05, 0) is 24.6 Å². The summed E-state index contributed by atoms with van der Waals surface area (Å²) in [6.45, 7) is 1.74. The summed E-state index contributed by atoms with van der Waals surface area (Å²) in [5, 5.41) is 5.68. The van der Waals surface area contributed by atoms with Crippen molar-refractivity contribution in [2.75, 3.05) is 6.73 Å². The zero-order valence-electron chi connectivity index (χ0n) is 15.0. The maximum absolute atomic E-state index is 12.7. The van der Waals surface area contributed by atoms with E-state index in [0.717, 1.165) is 17.7 Å². The molecule has 2 N–H and O–H groups in total. The molecular weight excluding hydrogens is 371 g/mol. The van der Waals surface area contributed by atoms with E-state index in [0.29, 0.717) is 11.4 Å². The zero-order valence-corrected chi connectivity index (χ0v) is 15.0. The van der Waals surface area contributed by atoms with Gasteiger partial charge in [-0.15, -0.1) is 0 Å². The van der Waals surface area contributed by atoms with Crippen LogP contribution in [0.1, 0.15) is 29.7 Å². The maximum Gasteiger partial charge on any atom is 0.416 e. The lowest BCUT2D eigenvalue weighted by molar-refractivity contribution is -0.137. The Morgan fingerprint density at radius 2 is 1.82 bits per heavy atom. The summed E-state index contributed by atoms with van der Waals surface area (Å²) in [5.41, 5.74) is 0.759. The van der Waals surface area contributed by atoms with Gasteiger partial charge in [0.25, 0.3) is 5.91 Å². The summed E-state index contributed by atoms with van der Waals surface area (Å²) in [6, 6.07) is 13.4. The fraction of sp³-hybridized carbons (Fsp3) is 0.200. The number of carbonyl (C=O) groups excluding carboxylic acids is 1. The highest BCUT2D eigenvalue weighted by Gasteiger charge is 2.30. The van der Waals surface area contributed by atoms with Crippen molar-refractivity contribution in [2.45, 2.75) is 19.1 Å². The Balaban J connectivity index is 1.68. The van der Waals surface area contributed by atoms with Gasteiger partial charge in [0, 0.05) is 5.56 Å². The van der Waals surface area contributed by atoms with Crippen LogP contribution in [0.15, 0.2) is 71.5 Å². The van der Waals surface area contributed by atoms with E-state index in [1.807, 2.05) is 30.3 Å². The summed E-state index contributed by atoms with van der Waals surface area (Å²) < 4.78 is 43.3. The molecule has 1 heterocycles. The van der Waals surface area contributed by atoms with E-state index in [4.69, 9.17) is 4.74 Å². The number of benzene rings is 2. The Kier molecular flexibility index (Phi) is 5.67. The highest BCUT2D eigenvalue weighted by atomic mass is 19.4. The van der Waals surface area contributed by atoms with Gasteiger partial charge in [0.05, 0.1) is 11.6 Å². The molecule has 28 heavy (non-hydrogen) atoms. The van der Waals surface area contributed by atoms with Gasteiger partial charge in [0.2, 0.25) is 0 Å². The van der Waals surface area contributed by atoms with Gasteiger partial charge in [-0.25, -0.2) is 4.99 Å². The van der Waals surface area contributed by atoms with Gasteiger partial charge in [-0.2, -0.15) is 13.2 Å². The van der Waals surface area contributed by atoms with E-state index < -0.39 is 23.7 Å². The van der Waals surface area contributed by atoms with E-state index in [2.05, 4.69) is 15.6 Å². The number of amidine groups is 1. The normalized spacial score (nSPS) is 15.3. The van der Waals surface area contributed by atoms with Gasteiger partial charge in [-0.3, -0.25) is 4.79 Å². The second-order valence-corrected chi connectivity index (χ2v) is 6.14. The lowest BCUT2D eigenvalue weighted by Gasteiger charge is -2.17. The fourth-order valence-corrected chi connectivity index (χ4v) is 2.61. The molecule has 2 aromatic carbocycles. The predicted octanol–water partition coefficient (Wildman–Crippen LogP) is 3.75. The number of ether oxygens (including phenoxy) is 1. The number of alkyl halides is 3. The molecule has 0 aliphatic carbocycles. The average molecular weight is 389 g/mol. The maximum atomic E-state index is 12.7. The van der Waals surface area contributed by atoms with Crippen molar-refractivity contribution in [2.24, 2.45) is 4.99 Å². The molecule has 0 saturated carbocycles. The second kappa shape index (κ2) is 8.16. The molecule has 8 heteroatoms. The third kappa shape index (κ3) is 4.70. The lowest BCUT2D eigenvalue weighted by atomic mass is 10.1. The van der Waals surface area contributed by atoms with Crippen molar-refractivity contribution in [3.63, 3.8) is 0 Å². The van der Waals surface area contributed by atoms with Crippen LogP contribution >= 0.6 is 0 Å². The summed E-state index contributed by atoms with van der Waals surface area (Å²) in [4.78, 5) is 16.8. The Bertz CT molecular complexity index is 891. The first-order valence-electron chi connectivity index (χ1n) is 8.51. The third-order valence-corrected chi connectivity index (χ3v) is 4.13. The molecule has 2 aromatic rings. The third-order valence-electron chi connectivity index (χ3n) is 4.13. The van der Waals surface area contributed by atoms with Crippen molar-refractivity contribution in [3.05, 3.63) is 83.2 Å². The smallest absolute Gasteiger partial charge is 0.416 e. The molecule has 1 aliphatic heterocycles. The molecule has 0 aromatic heterocycles. The minimum Gasteiger partial charge on any atom is -0.476 e. The molecule has 0 saturated heterocycles. The molecule has 0 fully saturated rings. The van der Waals surface area contributed by atoms with Gasteiger partial charge < -0.3 is 15.4 Å². The molecule has 146 valence electrons. The molecule has 0 radical (unpaired) electrons. The van der Waals surface area contributed by atoms with Crippen LogP contribution < -0.4 is 10.6 Å². The van der Waals surface area contributed by atoms with E-state index >= 15 is 0 Å². The molecular formula is C20H18F3N3O2. The zero-order chi connectivity index (χ0) is 20.1. The largest absolute Gasteiger partial charge is 0.476 e. The Morgan fingerprint density at radius 3 is 2.46 bits per heavy atom. The minimum absolute atomic E-state index is 0.0580. The number of nitrogens with one attached hydrogen (secondary N) is 2. The van der Waals surface area contributed by atoms with Gasteiger partial charge >= 0.3 is 6.18 Å². The van der Waals surface area contributed by atoms with Crippen LogP contribution in [0, 0.1) is 0 Å². The van der Waals surface area contributed by atoms with Crippen molar-refractivity contribution in [1.82, 2.24) is 10.6 Å². The first-order chi connectivity index (χ1) is 13.3. The number of hydrogen-bond donors (Lipinski definition) is 2. The van der Waals surface area contributed by atoms with Crippen LogP contribution in [0.5, 0.6) is 0 Å². The highest BCUT2D eigenvalue weighted by Crippen LogP contribution is 2.29. The van der Waals surface area contributed by atoms with E-state index in [9.17, 15) is 18.0 Å². The van der Waals surface area contributed by atoms with Crippen LogP contribution in [0.2, 0.25) is 0 Å². The standard InChI is InChI=1S/C20H18F3N3O2/c1-13(14-7-9-16(10-8-14)20(21,22)23)25-19(27)17-11-28-12-24-18(26-17)15-5-3-2-4-6-15/h2-11,13H,12H2,1H3,(H,24,26)(H,25,27)/t13-/m1/s1. The molecule has 3 rings (SSSR count). The number of carbonyl (C=O) groups is 1. The number of aliphatic imine (C=N–C) groups is 1. The molecule has 0 spiro atoms. The summed E-state index contributed by atoms with van der Waals surface area (Å²) in [5.74, 6) is 0.0274. The molecule has 1 amide bonds. The van der Waals surface area contributed by atoms with Crippen LogP contribution in [0.25, 0.3) is 0 Å². The number of amides is 1. The SMILES string of the molecule is C[C@@H](NC(=O)C1=COCN=C(c2ccccc2)N1)c1ccc(C(F)(F)F)cc1. The Labute approximate surface area is 159 Å². The average Bonchev–Trinajstić information content (AvgIpc) is 2.94. The van der Waals surface area contributed by atoms with Crippen LogP contribution in [-0.2, 0) is 15.7 Å². The second-order valence-electron chi connectivity index (χ2n) is 6.14. The van der Waals surface area contributed by atoms with Gasteiger partial charge in [0.1, 0.15) is 17.8 Å². The quantitative estimate of drug-likeness (QED) is 0.837. The topological polar surface area (TPSA) is 62.7 Å². The monoisotopic (exact) mass is 389 g/mol. The van der Waals surface area contributed by atoms with Crippen molar-refractivity contribution in [1.29, 1.82) is 0 Å². The van der Waals surface area contributed by atoms with Gasteiger partial charge in [0.15, 0.2) is 6.73 Å². The minimum atomic E-state index is -4.40. The first-order valence-corrected chi connectivity index (χ1v) is 8.51. The first kappa shape index (κ1) is 19.5. The summed E-state index contributed by atoms with van der Waals surface area (Å²) >= 11 is 0. The van der Waals surface area contributed by atoms with Crippen molar-refractivity contribution >= 4 is 11.7 Å². The molecule has 0 unspecified atom stereocenters. The molecule has 0 bridgehead atoms. The Morgan fingerprint density at radius 1 is 1.14 bits per heavy atom. The summed E-state index contributed by atoms with van der Waals surface area (Å²) in [6.07, 6.45) is -3.13. The van der Waals surface area contributed by atoms with E-state index in [1.165, 1.54) is 18.4 Å². The van der Waals surface area contributed by atoms with Crippen molar-refractivity contribution in [3.8, 4) is 0 Å². The van der Waals surface area contributed by atoms with Crippen LogP contribution in [0.3, 0.4) is 0 Å². The van der Waals surface area contributed by atoms with E-state index in [-0.39, 0.29) is 12.4 Å². The van der Waals surface area contributed by atoms with Crippen LogP contribution in [-0.4, -0.2) is 18.5 Å². The number of hydrogen-bond acceptors (Lipinski definition) is 4. The number of nitrogens with zero attached hydrogens (tertiary/aromatic N) is 1. The predicted molar refractivity (Wildman–Crippen MR) is 98.2 cm³/mol. The van der Waals surface area contributed by atoms with Gasteiger partial charge in [-0.1, -0.05) is 42.5 Å². The van der Waals surface area contributed by atoms with Crippen LogP contribution in [0.4, 0.5) is 13.2 Å². The Hall–Kier alpha value is -3.29.